The van der Waals surface area contributed by atoms with Gasteiger partial charge in [-0.15, -0.1) is 0 Å². The van der Waals surface area contributed by atoms with Gasteiger partial charge in [0.05, 0.1) is 26.1 Å². The molecule has 0 bridgehead atoms. The molecule has 0 radical (unpaired) electrons. The van der Waals surface area contributed by atoms with Crippen molar-refractivity contribution in [1.29, 1.82) is 0 Å². The van der Waals surface area contributed by atoms with Crippen LogP contribution in [0.15, 0.2) is 24.3 Å². The molecular formula is C17H24FNO4. The Hall–Kier alpha value is -1.95. The lowest BCUT2D eigenvalue weighted by Gasteiger charge is -2.21. The second-order valence-electron chi connectivity index (χ2n) is 5.01. The summed E-state index contributed by atoms with van der Waals surface area (Å²) in [6, 6.07) is 6.17. The van der Waals surface area contributed by atoms with E-state index in [0.29, 0.717) is 32.8 Å². The number of esters is 2. The quantitative estimate of drug-likeness (QED) is 0.619. The van der Waals surface area contributed by atoms with E-state index in [9.17, 15) is 14.0 Å². The smallest absolute Gasteiger partial charge is 0.307 e. The molecule has 0 saturated heterocycles. The second kappa shape index (κ2) is 10.7. The fourth-order valence-corrected chi connectivity index (χ4v) is 2.08. The van der Waals surface area contributed by atoms with E-state index in [1.807, 2.05) is 4.90 Å². The lowest BCUT2D eigenvalue weighted by molar-refractivity contribution is -0.143. The first-order chi connectivity index (χ1) is 11.0. The van der Waals surface area contributed by atoms with E-state index in [2.05, 4.69) is 0 Å². The highest BCUT2D eigenvalue weighted by molar-refractivity contribution is 5.70. The maximum atomic E-state index is 13.0. The van der Waals surface area contributed by atoms with Gasteiger partial charge in [0.2, 0.25) is 0 Å². The summed E-state index contributed by atoms with van der Waals surface area (Å²) in [6.45, 7) is 5.67. The average Bonchev–Trinajstić information content (AvgIpc) is 2.52. The van der Waals surface area contributed by atoms with Crippen LogP contribution in [0.3, 0.4) is 0 Å². The highest BCUT2D eigenvalue weighted by Crippen LogP contribution is 2.08. The molecule has 0 N–H and O–H groups in total. The van der Waals surface area contributed by atoms with Crippen LogP contribution in [-0.4, -0.2) is 43.1 Å². The van der Waals surface area contributed by atoms with Crippen molar-refractivity contribution in [2.24, 2.45) is 0 Å². The summed E-state index contributed by atoms with van der Waals surface area (Å²) in [5, 5.41) is 0. The topological polar surface area (TPSA) is 55.8 Å². The van der Waals surface area contributed by atoms with Gasteiger partial charge in [-0.05, 0) is 31.5 Å². The van der Waals surface area contributed by atoms with Crippen LogP contribution in [0.4, 0.5) is 4.39 Å². The fraction of sp³-hybridized carbons (Fsp3) is 0.529. The molecule has 1 rings (SSSR count). The van der Waals surface area contributed by atoms with E-state index in [-0.39, 0.29) is 30.6 Å². The van der Waals surface area contributed by atoms with Gasteiger partial charge in [-0.1, -0.05) is 12.1 Å². The zero-order chi connectivity index (χ0) is 17.1. The maximum Gasteiger partial charge on any atom is 0.307 e. The van der Waals surface area contributed by atoms with Crippen molar-refractivity contribution in [3.05, 3.63) is 35.6 Å². The molecular weight excluding hydrogens is 301 g/mol. The number of benzene rings is 1. The Balaban J connectivity index is 2.57. The van der Waals surface area contributed by atoms with E-state index >= 15 is 0 Å². The lowest BCUT2D eigenvalue weighted by atomic mass is 10.2. The third-order valence-electron chi connectivity index (χ3n) is 3.19. The first-order valence-corrected chi connectivity index (χ1v) is 7.83. The molecule has 0 aliphatic heterocycles. The summed E-state index contributed by atoms with van der Waals surface area (Å²) in [7, 11) is 0. The molecule has 0 aliphatic rings. The van der Waals surface area contributed by atoms with Crippen molar-refractivity contribution in [2.75, 3.05) is 26.3 Å². The molecule has 128 valence electrons. The minimum absolute atomic E-state index is 0.248. The third kappa shape index (κ3) is 8.30. The van der Waals surface area contributed by atoms with Gasteiger partial charge in [0.25, 0.3) is 0 Å². The molecule has 23 heavy (non-hydrogen) atoms. The Bertz CT molecular complexity index is 468. The molecule has 6 heteroatoms. The molecule has 0 unspecified atom stereocenters. The molecule has 0 saturated carbocycles. The van der Waals surface area contributed by atoms with Crippen molar-refractivity contribution >= 4 is 11.9 Å². The summed E-state index contributed by atoms with van der Waals surface area (Å²) in [4.78, 5) is 24.9. The molecule has 0 aromatic heterocycles. The number of halogens is 1. The van der Waals surface area contributed by atoms with Crippen LogP contribution in [0.5, 0.6) is 0 Å². The summed E-state index contributed by atoms with van der Waals surface area (Å²) < 4.78 is 22.8. The largest absolute Gasteiger partial charge is 0.466 e. The third-order valence-corrected chi connectivity index (χ3v) is 3.19. The lowest BCUT2D eigenvalue weighted by Crippen LogP contribution is -2.29. The van der Waals surface area contributed by atoms with Crippen molar-refractivity contribution in [3.63, 3.8) is 0 Å². The van der Waals surface area contributed by atoms with E-state index in [1.165, 1.54) is 12.1 Å². The molecule has 0 heterocycles. The monoisotopic (exact) mass is 325 g/mol. The van der Waals surface area contributed by atoms with E-state index in [1.54, 1.807) is 26.0 Å². The van der Waals surface area contributed by atoms with Gasteiger partial charge in [-0.2, -0.15) is 0 Å². The van der Waals surface area contributed by atoms with Crippen LogP contribution < -0.4 is 0 Å². The van der Waals surface area contributed by atoms with E-state index in [4.69, 9.17) is 9.47 Å². The van der Waals surface area contributed by atoms with Crippen LogP contribution in [0, 0.1) is 5.82 Å². The second-order valence-corrected chi connectivity index (χ2v) is 5.01. The van der Waals surface area contributed by atoms with Gasteiger partial charge in [-0.3, -0.25) is 14.5 Å². The van der Waals surface area contributed by atoms with Crippen LogP contribution in [0.2, 0.25) is 0 Å². The summed E-state index contributed by atoms with van der Waals surface area (Å²) in [6.07, 6.45) is 0.496. The molecule has 0 amide bonds. The molecule has 0 fully saturated rings. The zero-order valence-corrected chi connectivity index (χ0v) is 13.7. The van der Waals surface area contributed by atoms with Gasteiger partial charge in [0.15, 0.2) is 0 Å². The maximum absolute atomic E-state index is 13.0. The van der Waals surface area contributed by atoms with E-state index in [0.717, 1.165) is 5.56 Å². The predicted molar refractivity (Wildman–Crippen MR) is 84.2 cm³/mol. The van der Waals surface area contributed by atoms with Crippen molar-refractivity contribution in [2.45, 2.75) is 33.2 Å². The van der Waals surface area contributed by atoms with Crippen LogP contribution in [0.1, 0.15) is 32.3 Å². The van der Waals surface area contributed by atoms with E-state index < -0.39 is 0 Å². The van der Waals surface area contributed by atoms with Gasteiger partial charge < -0.3 is 9.47 Å². The molecule has 0 atom stereocenters. The SMILES string of the molecule is CCOC(=O)CCN(CCC(=O)OCC)Cc1ccc(F)cc1. The molecule has 0 spiro atoms. The van der Waals surface area contributed by atoms with Gasteiger partial charge >= 0.3 is 11.9 Å². The first kappa shape index (κ1) is 19.1. The first-order valence-electron chi connectivity index (χ1n) is 7.83. The summed E-state index contributed by atoms with van der Waals surface area (Å²) >= 11 is 0. The minimum atomic E-state index is -0.293. The summed E-state index contributed by atoms with van der Waals surface area (Å²) in [5.74, 6) is -0.834. The Morgan fingerprint density at radius 1 is 0.957 bits per heavy atom. The highest BCUT2D eigenvalue weighted by Gasteiger charge is 2.12. The number of ether oxygens (including phenoxy) is 2. The van der Waals surface area contributed by atoms with Crippen molar-refractivity contribution in [3.8, 4) is 0 Å². The van der Waals surface area contributed by atoms with Crippen molar-refractivity contribution < 1.29 is 23.5 Å². The standard InChI is InChI=1S/C17H24FNO4/c1-3-22-16(20)9-11-19(12-10-17(21)23-4-2)13-14-5-7-15(18)8-6-14/h5-8H,3-4,9-13H2,1-2H3. The molecule has 0 aliphatic carbocycles. The molecule has 5 nitrogen and oxygen atoms in total. The Kier molecular flexibility index (Phi) is 8.90. The minimum Gasteiger partial charge on any atom is -0.466 e. The fourth-order valence-electron chi connectivity index (χ4n) is 2.08. The normalized spacial score (nSPS) is 10.6. The Morgan fingerprint density at radius 2 is 1.43 bits per heavy atom. The molecule has 1 aromatic carbocycles. The number of carbonyl (C=O) groups excluding carboxylic acids is 2. The number of hydrogen-bond acceptors (Lipinski definition) is 5. The zero-order valence-electron chi connectivity index (χ0n) is 13.7. The van der Waals surface area contributed by atoms with Crippen LogP contribution in [-0.2, 0) is 25.6 Å². The summed E-state index contributed by atoms with van der Waals surface area (Å²) in [5.41, 5.74) is 0.916. The number of hydrogen-bond donors (Lipinski definition) is 0. The van der Waals surface area contributed by atoms with Crippen LogP contribution >= 0.6 is 0 Å². The highest BCUT2D eigenvalue weighted by atomic mass is 19.1. The van der Waals surface area contributed by atoms with Crippen LogP contribution in [0.25, 0.3) is 0 Å². The Labute approximate surface area is 136 Å². The van der Waals surface area contributed by atoms with Gasteiger partial charge in [0.1, 0.15) is 5.82 Å². The van der Waals surface area contributed by atoms with Crippen molar-refractivity contribution in [1.82, 2.24) is 4.90 Å². The predicted octanol–water partition coefficient (Wildman–Crippen LogP) is 2.53. The molecule has 1 aromatic rings. The number of nitrogens with zero attached hydrogens (tertiary/aromatic N) is 1. The average molecular weight is 325 g/mol. The Morgan fingerprint density at radius 3 is 1.87 bits per heavy atom. The van der Waals surface area contributed by atoms with Gasteiger partial charge in [-0.25, -0.2) is 4.39 Å². The van der Waals surface area contributed by atoms with Gasteiger partial charge in [0, 0.05) is 19.6 Å². The number of rotatable bonds is 10. The number of carbonyl (C=O) groups is 2.